The summed E-state index contributed by atoms with van der Waals surface area (Å²) in [6.45, 7) is 3.76. The minimum atomic E-state index is -1.12. The number of ketones is 2. The summed E-state index contributed by atoms with van der Waals surface area (Å²) >= 11 is 1.29. The van der Waals surface area contributed by atoms with Crippen LogP contribution in [0.25, 0.3) is 0 Å². The topological polar surface area (TPSA) is 117 Å². The van der Waals surface area contributed by atoms with Gasteiger partial charge in [-0.1, -0.05) is 13.0 Å². The number of thiophene rings is 1. The summed E-state index contributed by atoms with van der Waals surface area (Å²) in [5, 5.41) is 32.2. The van der Waals surface area contributed by atoms with Crippen molar-refractivity contribution < 1.29 is 34.4 Å². The lowest BCUT2D eigenvalue weighted by Gasteiger charge is -2.37. The zero-order valence-electron chi connectivity index (χ0n) is 16.1. The molecule has 3 heterocycles. The number of carbonyl (C=O) groups is 2. The lowest BCUT2D eigenvalue weighted by Crippen LogP contribution is -2.51. The van der Waals surface area contributed by atoms with E-state index in [2.05, 4.69) is 0 Å². The summed E-state index contributed by atoms with van der Waals surface area (Å²) in [6, 6.07) is 3.44. The summed E-state index contributed by atoms with van der Waals surface area (Å²) in [5.74, 6) is -1.05. The fraction of sp³-hybridized carbons (Fsp3) is 0.700. The van der Waals surface area contributed by atoms with Gasteiger partial charge in [0.15, 0.2) is 5.78 Å². The molecule has 2 aliphatic heterocycles. The van der Waals surface area contributed by atoms with Crippen LogP contribution in [0.15, 0.2) is 17.5 Å². The first-order chi connectivity index (χ1) is 13.3. The maximum atomic E-state index is 12.2. The first kappa shape index (κ1) is 21.5. The van der Waals surface area contributed by atoms with Gasteiger partial charge in [-0.25, -0.2) is 0 Å². The van der Waals surface area contributed by atoms with E-state index < -0.39 is 30.3 Å². The van der Waals surface area contributed by atoms with Gasteiger partial charge in [0, 0.05) is 24.7 Å². The van der Waals surface area contributed by atoms with E-state index in [1.54, 1.807) is 24.4 Å². The van der Waals surface area contributed by atoms with Crippen LogP contribution < -0.4 is 0 Å². The Bertz CT molecular complexity index is 674. The number of Topliss-reactive ketones (excluding diaryl/α,β-unsaturated/α-hetero) is 2. The first-order valence-corrected chi connectivity index (χ1v) is 10.6. The molecule has 2 fully saturated rings. The molecular weight excluding hydrogens is 384 g/mol. The predicted octanol–water partition coefficient (Wildman–Crippen LogP) is 1.19. The van der Waals surface area contributed by atoms with Gasteiger partial charge in [-0.3, -0.25) is 9.59 Å². The standard InChI is InChI=1S/C20H28O7S/c1-10(11(2)21)20-16(27-20)8-15-19(25)18(24)12(9-26-15)6-13(22)7-14(23)17-4-3-5-28-17/h3-5,10-12,15-16,18-21,24-25H,6-9H2,1-2H3/t10-,11-,12-,15-,16-,18+,19-,20-/m0/s1. The van der Waals surface area contributed by atoms with Crippen molar-refractivity contribution in [1.29, 1.82) is 0 Å². The number of aliphatic hydroxyl groups is 3. The van der Waals surface area contributed by atoms with Crippen molar-refractivity contribution in [3.8, 4) is 0 Å². The summed E-state index contributed by atoms with van der Waals surface area (Å²) < 4.78 is 11.3. The third-order valence-corrected chi connectivity index (χ3v) is 6.66. The van der Waals surface area contributed by atoms with Gasteiger partial charge in [0.2, 0.25) is 0 Å². The Morgan fingerprint density at radius 3 is 2.64 bits per heavy atom. The smallest absolute Gasteiger partial charge is 0.180 e. The highest BCUT2D eigenvalue weighted by Crippen LogP contribution is 2.37. The predicted molar refractivity (Wildman–Crippen MR) is 102 cm³/mol. The quantitative estimate of drug-likeness (QED) is 0.317. The Balaban J connectivity index is 1.46. The molecule has 0 bridgehead atoms. The van der Waals surface area contributed by atoms with Crippen molar-refractivity contribution >= 4 is 22.9 Å². The van der Waals surface area contributed by atoms with E-state index >= 15 is 0 Å². The highest BCUT2D eigenvalue weighted by molar-refractivity contribution is 7.12. The molecule has 0 aliphatic carbocycles. The molecular formula is C20H28O7S. The number of carbonyl (C=O) groups excluding carboxylic acids is 2. The third kappa shape index (κ3) is 5.06. The van der Waals surface area contributed by atoms with E-state index in [1.165, 1.54) is 11.3 Å². The van der Waals surface area contributed by atoms with Gasteiger partial charge >= 0.3 is 0 Å². The molecule has 1 aromatic rings. The molecule has 8 atom stereocenters. The third-order valence-electron chi connectivity index (χ3n) is 5.75. The minimum absolute atomic E-state index is 0.0102. The Hall–Kier alpha value is -1.16. The van der Waals surface area contributed by atoms with E-state index in [1.807, 2.05) is 6.92 Å². The van der Waals surface area contributed by atoms with Crippen molar-refractivity contribution in [1.82, 2.24) is 0 Å². The normalized spacial score (nSPS) is 34.6. The average molecular weight is 413 g/mol. The highest BCUT2D eigenvalue weighted by atomic mass is 32.1. The van der Waals surface area contributed by atoms with E-state index in [4.69, 9.17) is 9.47 Å². The lowest BCUT2D eigenvalue weighted by molar-refractivity contribution is -0.170. The summed E-state index contributed by atoms with van der Waals surface area (Å²) in [7, 11) is 0. The molecule has 0 spiro atoms. The number of rotatable bonds is 9. The molecule has 8 heteroatoms. The largest absolute Gasteiger partial charge is 0.393 e. The number of hydrogen-bond donors (Lipinski definition) is 3. The van der Waals surface area contributed by atoms with Crippen LogP contribution in [0.4, 0.5) is 0 Å². The summed E-state index contributed by atoms with van der Waals surface area (Å²) in [6.07, 6.45) is -3.25. The van der Waals surface area contributed by atoms with Gasteiger partial charge in [0.05, 0.1) is 48.4 Å². The van der Waals surface area contributed by atoms with Crippen LogP contribution in [-0.4, -0.2) is 70.1 Å². The Morgan fingerprint density at radius 1 is 1.25 bits per heavy atom. The fourth-order valence-electron chi connectivity index (χ4n) is 3.71. The maximum Gasteiger partial charge on any atom is 0.180 e. The average Bonchev–Trinajstić information content (AvgIpc) is 3.17. The molecule has 28 heavy (non-hydrogen) atoms. The molecule has 0 saturated carbocycles. The van der Waals surface area contributed by atoms with E-state index in [0.29, 0.717) is 11.3 Å². The zero-order chi connectivity index (χ0) is 20.4. The molecule has 156 valence electrons. The molecule has 0 radical (unpaired) electrons. The van der Waals surface area contributed by atoms with Crippen molar-refractivity contribution in [2.45, 2.75) is 69.7 Å². The molecule has 2 aliphatic rings. The molecule has 1 aromatic heterocycles. The maximum absolute atomic E-state index is 12.2. The SMILES string of the molecule is C[C@H]([C@@H]1O[C@H]1C[C@@H]1OC[C@H](CC(=O)CC(=O)c2cccs2)[C@@H](O)[C@H]1O)[C@H](C)O. The van der Waals surface area contributed by atoms with Crippen molar-refractivity contribution in [2.24, 2.45) is 11.8 Å². The van der Waals surface area contributed by atoms with Gasteiger partial charge < -0.3 is 24.8 Å². The number of hydrogen-bond acceptors (Lipinski definition) is 8. The number of ether oxygens (including phenoxy) is 2. The first-order valence-electron chi connectivity index (χ1n) is 9.67. The van der Waals surface area contributed by atoms with Crippen molar-refractivity contribution in [2.75, 3.05) is 6.61 Å². The van der Waals surface area contributed by atoms with Crippen LogP contribution >= 0.6 is 11.3 Å². The molecule has 0 amide bonds. The second-order valence-electron chi connectivity index (χ2n) is 7.91. The number of epoxide rings is 1. The monoisotopic (exact) mass is 412 g/mol. The van der Waals surface area contributed by atoms with Gasteiger partial charge in [-0.15, -0.1) is 11.3 Å². The second kappa shape index (κ2) is 9.11. The Kier molecular flexibility index (Phi) is 7.01. The Labute approximate surface area is 168 Å². The van der Waals surface area contributed by atoms with Crippen LogP contribution in [0.3, 0.4) is 0 Å². The minimum Gasteiger partial charge on any atom is -0.393 e. The molecule has 7 nitrogen and oxygen atoms in total. The van der Waals surface area contributed by atoms with Crippen LogP contribution in [0.5, 0.6) is 0 Å². The van der Waals surface area contributed by atoms with Crippen LogP contribution in [0.2, 0.25) is 0 Å². The van der Waals surface area contributed by atoms with E-state index in [-0.39, 0.29) is 49.1 Å². The lowest BCUT2D eigenvalue weighted by atomic mass is 9.86. The zero-order valence-corrected chi connectivity index (χ0v) is 16.9. The van der Waals surface area contributed by atoms with Crippen molar-refractivity contribution in [3.63, 3.8) is 0 Å². The van der Waals surface area contributed by atoms with E-state index in [0.717, 1.165) is 0 Å². The molecule has 3 rings (SSSR count). The van der Waals surface area contributed by atoms with E-state index in [9.17, 15) is 24.9 Å². The van der Waals surface area contributed by atoms with Gasteiger partial charge in [0.25, 0.3) is 0 Å². The Morgan fingerprint density at radius 2 is 2.00 bits per heavy atom. The molecule has 2 saturated heterocycles. The number of aliphatic hydroxyl groups excluding tert-OH is 3. The fourth-order valence-corrected chi connectivity index (χ4v) is 4.37. The highest BCUT2D eigenvalue weighted by Gasteiger charge is 2.48. The molecule has 0 unspecified atom stereocenters. The van der Waals surface area contributed by atoms with Crippen LogP contribution in [0.1, 0.15) is 42.8 Å². The van der Waals surface area contributed by atoms with Gasteiger partial charge in [0.1, 0.15) is 11.9 Å². The molecule has 0 aromatic carbocycles. The summed E-state index contributed by atoms with van der Waals surface area (Å²) in [5.41, 5.74) is 0. The molecule has 3 N–H and O–H groups in total. The van der Waals surface area contributed by atoms with Crippen LogP contribution in [0, 0.1) is 11.8 Å². The summed E-state index contributed by atoms with van der Waals surface area (Å²) in [4.78, 5) is 24.8. The second-order valence-corrected chi connectivity index (χ2v) is 8.86. The van der Waals surface area contributed by atoms with Crippen LogP contribution in [-0.2, 0) is 14.3 Å². The van der Waals surface area contributed by atoms with Gasteiger partial charge in [-0.2, -0.15) is 0 Å². The van der Waals surface area contributed by atoms with Crippen molar-refractivity contribution in [3.05, 3.63) is 22.4 Å². The van der Waals surface area contributed by atoms with Gasteiger partial charge in [-0.05, 0) is 18.4 Å².